The normalized spacial score (nSPS) is 25.2. The molecule has 2 aliphatic rings. The fourth-order valence-electron chi connectivity index (χ4n) is 2.40. The van der Waals surface area contributed by atoms with Gasteiger partial charge in [0.05, 0.1) is 0 Å². The van der Waals surface area contributed by atoms with E-state index in [1.165, 1.54) is 0 Å². The van der Waals surface area contributed by atoms with Gasteiger partial charge in [0, 0.05) is 0 Å². The second kappa shape index (κ2) is 2.17. The predicted octanol–water partition coefficient (Wildman–Crippen LogP) is 0.119. The van der Waals surface area contributed by atoms with Crippen LogP contribution < -0.4 is 0 Å². The molecule has 2 saturated heterocycles. The first-order valence-electron chi connectivity index (χ1n) is 4.28. The fourth-order valence-corrected chi connectivity index (χ4v) is 11.6. The molecule has 2 rings (SSSR count). The summed E-state index contributed by atoms with van der Waals surface area (Å²) in [6.45, 7) is 8.02. The van der Waals surface area contributed by atoms with E-state index in [1.807, 2.05) is 0 Å². The Kier molecular flexibility index (Phi) is 1.47. The first-order valence-corrected chi connectivity index (χ1v) is 8.04. The molecule has 2 aliphatic heterocycles. The minimum atomic E-state index is -2.24. The van der Waals surface area contributed by atoms with Crippen molar-refractivity contribution in [1.29, 1.82) is 0 Å². The maximum atomic E-state index is 4.01. The van der Waals surface area contributed by atoms with Crippen LogP contribution in [-0.2, 0) is 0 Å². The van der Waals surface area contributed by atoms with Gasteiger partial charge in [-0.05, 0) is 0 Å². The van der Waals surface area contributed by atoms with Crippen LogP contribution in [0.5, 0.6) is 0 Å². The molecular weight excluding hydrogens is 225 g/mol. The summed E-state index contributed by atoms with van der Waals surface area (Å²) in [6, 6.07) is 0. The molecule has 4 nitrogen and oxygen atoms in total. The van der Waals surface area contributed by atoms with Gasteiger partial charge in [0.15, 0.2) is 0 Å². The summed E-state index contributed by atoms with van der Waals surface area (Å²) in [6.07, 6.45) is 0. The Morgan fingerprint density at radius 2 is 1.00 bits per heavy atom. The molecule has 0 radical (unpaired) electrons. The van der Waals surface area contributed by atoms with Gasteiger partial charge >= 0.3 is 82.6 Å². The molecule has 0 aromatic heterocycles. The van der Waals surface area contributed by atoms with Crippen molar-refractivity contribution in [3.63, 3.8) is 0 Å². The molecule has 0 atom stereocenters. The summed E-state index contributed by atoms with van der Waals surface area (Å²) >= 11 is -2.24. The second-order valence-electron chi connectivity index (χ2n) is 3.67. The molecule has 0 saturated carbocycles. The van der Waals surface area contributed by atoms with Crippen LogP contribution in [0.25, 0.3) is 0 Å². The Morgan fingerprint density at radius 1 is 0.769 bits per heavy atom. The van der Waals surface area contributed by atoms with E-state index in [0.717, 1.165) is 11.6 Å². The molecule has 0 N–H and O–H groups in total. The molecule has 2 fully saturated rings. The average Bonchev–Trinajstić information content (AvgIpc) is 2.16. The van der Waals surface area contributed by atoms with Crippen molar-refractivity contribution in [2.45, 2.75) is 0 Å². The Balaban J connectivity index is 2.34. The van der Waals surface area contributed by atoms with E-state index >= 15 is 0 Å². The molecule has 0 aromatic rings. The van der Waals surface area contributed by atoms with Gasteiger partial charge < -0.3 is 0 Å². The van der Waals surface area contributed by atoms with Crippen LogP contribution in [0.15, 0.2) is 24.8 Å². The summed E-state index contributed by atoms with van der Waals surface area (Å²) < 4.78 is 9.31. The number of nitrogens with zero attached hydrogens (tertiary/aromatic N) is 4. The van der Waals surface area contributed by atoms with Gasteiger partial charge in [-0.1, -0.05) is 0 Å². The van der Waals surface area contributed by atoms with Crippen LogP contribution in [0.4, 0.5) is 0 Å². The topological polar surface area (TPSA) is 13.0 Å². The van der Waals surface area contributed by atoms with E-state index < -0.39 is 14.2 Å². The van der Waals surface area contributed by atoms with Crippen molar-refractivity contribution in [3.8, 4) is 0 Å². The molecule has 0 bridgehead atoms. The number of hydrogen-bond acceptors (Lipinski definition) is 4. The molecule has 0 aromatic carbocycles. The standard InChI is InChI=1S/C8H16GeN4/c1-7-10(3)9(11(7)4)12(5)8(2)13(9)6/h1-2H2,3-6H3. The van der Waals surface area contributed by atoms with Gasteiger partial charge in [0.1, 0.15) is 0 Å². The molecule has 0 amide bonds. The van der Waals surface area contributed by atoms with Crippen molar-refractivity contribution in [2.24, 2.45) is 0 Å². The van der Waals surface area contributed by atoms with Crippen LogP contribution in [0.1, 0.15) is 0 Å². The molecular formula is C8H16GeN4. The van der Waals surface area contributed by atoms with Gasteiger partial charge in [-0.2, -0.15) is 0 Å². The van der Waals surface area contributed by atoms with E-state index in [4.69, 9.17) is 0 Å². The zero-order chi connectivity index (χ0) is 9.96. The summed E-state index contributed by atoms with van der Waals surface area (Å²) in [5.41, 5.74) is 0. The number of rotatable bonds is 0. The van der Waals surface area contributed by atoms with Gasteiger partial charge in [0.25, 0.3) is 0 Å². The van der Waals surface area contributed by atoms with E-state index in [-0.39, 0.29) is 0 Å². The van der Waals surface area contributed by atoms with Crippen LogP contribution in [0.2, 0.25) is 0 Å². The van der Waals surface area contributed by atoms with Crippen LogP contribution in [0.3, 0.4) is 0 Å². The Morgan fingerprint density at radius 3 is 1.23 bits per heavy atom. The van der Waals surface area contributed by atoms with Crippen molar-refractivity contribution >= 4 is 14.2 Å². The predicted molar refractivity (Wildman–Crippen MR) is 55.1 cm³/mol. The average molecular weight is 241 g/mol. The van der Waals surface area contributed by atoms with E-state index in [9.17, 15) is 0 Å². The first kappa shape index (κ1) is 8.80. The molecule has 5 heteroatoms. The number of hydrogen-bond donors (Lipinski definition) is 0. The summed E-state index contributed by atoms with van der Waals surface area (Å²) in [7, 11) is 8.51. The Labute approximate surface area is 82.9 Å². The molecule has 72 valence electrons. The van der Waals surface area contributed by atoms with E-state index in [0.29, 0.717) is 0 Å². The van der Waals surface area contributed by atoms with Gasteiger partial charge in [-0.15, -0.1) is 0 Å². The zero-order valence-corrected chi connectivity index (χ0v) is 10.8. The van der Waals surface area contributed by atoms with Crippen molar-refractivity contribution in [1.82, 2.24) is 15.4 Å². The van der Waals surface area contributed by atoms with Gasteiger partial charge in [0.2, 0.25) is 0 Å². The maximum absolute atomic E-state index is 4.01. The van der Waals surface area contributed by atoms with Gasteiger partial charge in [-0.25, -0.2) is 0 Å². The van der Waals surface area contributed by atoms with Crippen molar-refractivity contribution < 1.29 is 0 Å². The first-order chi connectivity index (χ1) is 5.95. The zero-order valence-electron chi connectivity index (χ0n) is 8.70. The molecule has 1 spiro atoms. The molecule has 0 unspecified atom stereocenters. The molecule has 0 aliphatic carbocycles. The molecule has 13 heavy (non-hydrogen) atoms. The molecule has 2 heterocycles. The summed E-state index contributed by atoms with van der Waals surface area (Å²) in [5.74, 6) is 2.23. The minimum absolute atomic E-state index is 1.12. The van der Waals surface area contributed by atoms with Crippen molar-refractivity contribution in [2.75, 3.05) is 28.2 Å². The fraction of sp³-hybridized carbons (Fsp3) is 0.500. The third-order valence-corrected chi connectivity index (χ3v) is 13.1. The third-order valence-electron chi connectivity index (χ3n) is 3.35. The Hall–Kier alpha value is -0.777. The third kappa shape index (κ3) is 0.621. The van der Waals surface area contributed by atoms with Crippen LogP contribution in [0, 0.1) is 0 Å². The monoisotopic (exact) mass is 242 g/mol. The summed E-state index contributed by atoms with van der Waals surface area (Å²) in [5, 5.41) is 0. The SMILES string of the molecule is C=C1[N](C)[Ge]2([N]1C)[N](C)C(=C)[N]2C. The van der Waals surface area contributed by atoms with E-state index in [2.05, 4.69) is 56.8 Å². The van der Waals surface area contributed by atoms with Gasteiger partial charge in [-0.3, -0.25) is 0 Å². The van der Waals surface area contributed by atoms with E-state index in [1.54, 1.807) is 0 Å². The van der Waals surface area contributed by atoms with Crippen LogP contribution in [-0.4, -0.2) is 57.8 Å². The second-order valence-corrected chi connectivity index (χ2v) is 11.8. The van der Waals surface area contributed by atoms with Crippen LogP contribution >= 0.6 is 0 Å². The quantitative estimate of drug-likeness (QED) is 0.558. The van der Waals surface area contributed by atoms with Crippen molar-refractivity contribution in [3.05, 3.63) is 24.8 Å². The Bertz CT molecular complexity index is 243. The summed E-state index contributed by atoms with van der Waals surface area (Å²) in [4.78, 5) is 0.